The lowest BCUT2D eigenvalue weighted by Gasteiger charge is -2.35. The van der Waals surface area contributed by atoms with Crippen molar-refractivity contribution >= 4 is 82.1 Å². The van der Waals surface area contributed by atoms with E-state index in [0.717, 1.165) is 50.4 Å². The molecular formula is C66H78N7O13PS. The molecule has 0 radical (unpaired) electrons. The summed E-state index contributed by atoms with van der Waals surface area (Å²) >= 11 is 1.57. The Balaban J connectivity index is 0.753. The van der Waals surface area contributed by atoms with Gasteiger partial charge in [0.05, 0.1) is 58.4 Å². The number of rotatable bonds is 26. The van der Waals surface area contributed by atoms with Gasteiger partial charge in [-0.15, -0.1) is 11.3 Å². The second-order valence-corrected chi connectivity index (χ2v) is 27.2. The number of aliphatic hydroxyl groups excluding tert-OH is 1. The third kappa shape index (κ3) is 15.3. The number of H-pyrrole nitrogens is 1. The van der Waals surface area contributed by atoms with Crippen LogP contribution >= 0.6 is 18.9 Å². The first-order valence-electron chi connectivity index (χ1n) is 30.0. The van der Waals surface area contributed by atoms with Gasteiger partial charge in [0.25, 0.3) is 5.52 Å². The number of aromatic amines is 1. The highest BCUT2D eigenvalue weighted by Gasteiger charge is 2.46. The molecule has 0 spiro atoms. The number of aromatic nitrogens is 2. The quantitative estimate of drug-likeness (QED) is 0.0152. The highest BCUT2D eigenvalue weighted by atomic mass is 32.1. The SMILES string of the molecule is Cc1ncsc1-c1ccc([C@H](C)NC(=O)[C@@H]2C[C@H](O)CN2C(=O)[C@@H](CC(=O)CCCCc2ccc(CO[C@H](C)[C@H](CCC(N)=O)NC(=O)[C@@H]3Cc4cccc5c4N3C(=O)[C@@H](CC(=O)c3cc4cc(C(=O)P(=O)(O)O)ccc4[nH]3)CC5)cc2)C(C)(C)C)cc1. The van der Waals surface area contributed by atoms with Crippen LogP contribution in [0.1, 0.15) is 153 Å². The molecule has 5 amide bonds. The van der Waals surface area contributed by atoms with Crippen LogP contribution in [0.4, 0.5) is 5.69 Å². The topological polar surface area (TPSA) is 309 Å². The van der Waals surface area contributed by atoms with Crippen LogP contribution in [-0.4, -0.2) is 113 Å². The van der Waals surface area contributed by atoms with E-state index in [0.29, 0.717) is 42.3 Å². The zero-order valence-electron chi connectivity index (χ0n) is 50.5. The summed E-state index contributed by atoms with van der Waals surface area (Å²) in [4.78, 5) is 139. The van der Waals surface area contributed by atoms with Gasteiger partial charge in [-0.2, -0.15) is 0 Å². The molecule has 3 aliphatic rings. The van der Waals surface area contributed by atoms with Gasteiger partial charge in [0, 0.05) is 73.4 Å². The molecule has 6 aromatic rings. The van der Waals surface area contributed by atoms with Gasteiger partial charge in [0.1, 0.15) is 17.9 Å². The Labute approximate surface area is 515 Å². The molecule has 8 atom stereocenters. The Morgan fingerprint density at radius 3 is 2.27 bits per heavy atom. The monoisotopic (exact) mass is 1240 g/mol. The van der Waals surface area contributed by atoms with Gasteiger partial charge in [-0.05, 0) is 122 Å². The first-order valence-corrected chi connectivity index (χ1v) is 32.5. The molecule has 466 valence electrons. The highest BCUT2D eigenvalue weighted by molar-refractivity contribution is 7.70. The number of hydrogen-bond donors (Lipinski definition) is 7. The Morgan fingerprint density at radius 2 is 1.59 bits per heavy atom. The van der Waals surface area contributed by atoms with E-state index in [1.54, 1.807) is 18.3 Å². The van der Waals surface area contributed by atoms with E-state index in [1.807, 2.05) is 107 Å². The van der Waals surface area contributed by atoms with Crippen LogP contribution in [0.25, 0.3) is 21.3 Å². The maximum absolute atomic E-state index is 14.6. The second-order valence-electron chi connectivity index (χ2n) is 24.9. The molecule has 1 saturated heterocycles. The largest absolute Gasteiger partial charge is 0.396 e. The number of ether oxygens (including phenoxy) is 1. The number of carbonyl (C=O) groups is 8. The highest BCUT2D eigenvalue weighted by Crippen LogP contribution is 2.43. The van der Waals surface area contributed by atoms with Crippen molar-refractivity contribution in [2.75, 3.05) is 11.4 Å². The Morgan fingerprint density at radius 1 is 0.886 bits per heavy atom. The Hall–Kier alpha value is -7.52. The number of carbonyl (C=O) groups excluding carboxylic acids is 8. The van der Waals surface area contributed by atoms with Crippen molar-refractivity contribution in [3.05, 3.63) is 141 Å². The minimum atomic E-state index is -5.04. The summed E-state index contributed by atoms with van der Waals surface area (Å²) in [7, 11) is -5.04. The van der Waals surface area contributed by atoms with E-state index in [-0.39, 0.29) is 98.9 Å². The molecule has 3 aliphatic heterocycles. The van der Waals surface area contributed by atoms with Gasteiger partial charge in [-0.25, -0.2) is 4.98 Å². The molecular weight excluding hydrogens is 1160 g/mol. The van der Waals surface area contributed by atoms with Crippen LogP contribution in [-0.2, 0) is 63.9 Å². The summed E-state index contributed by atoms with van der Waals surface area (Å²) < 4.78 is 18.0. The van der Waals surface area contributed by atoms with Crippen molar-refractivity contribution in [2.24, 2.45) is 23.0 Å². The van der Waals surface area contributed by atoms with E-state index in [9.17, 15) is 57.8 Å². The standard InChI is InChI=1S/C66H78N7O13PS/c1-37(42-18-21-44(22-19-42)60-38(2)68-36-88-60)69-61(78)55-33-50(75)34-72(55)64(81)51(66(4,5)6)32-49(74)13-8-7-10-40-14-16-41(17-15-40)35-86-39(3)52(26-27-58(67)77)71-62(79)56-30-45-12-9-11-43-20-23-46(63(80)73(56)59(43)45)31-57(76)54-29-48-28-47(24-25-53(48)70-54)65(82)87(83,84)85/h9,11-12,14-19,21-22,24-25,28-29,36-37,39,46,50-52,55-56,70,75H,7-8,10,13,20,23,26-27,30-35H2,1-6H3,(H2,67,77)(H,69,78)(H,71,79)(H2,83,84,85)/t37-,39+,46+,50-,51+,52-,55-,56-/m0/s1. The third-order valence-electron chi connectivity index (χ3n) is 17.4. The lowest BCUT2D eigenvalue weighted by Crippen LogP contribution is -2.54. The zero-order valence-corrected chi connectivity index (χ0v) is 52.2. The van der Waals surface area contributed by atoms with E-state index in [1.165, 1.54) is 34.1 Å². The normalized spacial score (nSPS) is 18.9. The summed E-state index contributed by atoms with van der Waals surface area (Å²) in [6.07, 6.45) is 1.90. The number of thiazole rings is 1. The summed E-state index contributed by atoms with van der Waals surface area (Å²) in [5.41, 5.74) is 13.0. The number of Topliss-reactive ketones (excluding diaryl/α,β-unsaturated/α-hetero) is 2. The van der Waals surface area contributed by atoms with Crippen molar-refractivity contribution < 1.29 is 62.6 Å². The summed E-state index contributed by atoms with van der Waals surface area (Å²) in [5, 5.41) is 17.3. The minimum Gasteiger partial charge on any atom is -0.391 e. The third-order valence-corrected chi connectivity index (χ3v) is 19.2. The first kappa shape index (κ1) is 64.9. The number of fused-ring (bicyclic) bond motifs is 1. The predicted molar refractivity (Wildman–Crippen MR) is 333 cm³/mol. The molecule has 22 heteroatoms. The number of primary amides is 1. The van der Waals surface area contributed by atoms with Crippen LogP contribution in [0.3, 0.4) is 0 Å². The molecule has 0 unspecified atom stereocenters. The average molecular weight is 1240 g/mol. The van der Waals surface area contributed by atoms with Gasteiger partial charge >= 0.3 is 7.60 Å². The summed E-state index contributed by atoms with van der Waals surface area (Å²) in [6.45, 7) is 11.6. The van der Waals surface area contributed by atoms with Gasteiger partial charge in [0.2, 0.25) is 29.5 Å². The van der Waals surface area contributed by atoms with Crippen LogP contribution in [0.15, 0.2) is 96.5 Å². The van der Waals surface area contributed by atoms with Gasteiger partial charge in [-0.3, -0.25) is 47.8 Å². The van der Waals surface area contributed by atoms with E-state index >= 15 is 0 Å². The number of para-hydroxylation sites is 1. The van der Waals surface area contributed by atoms with Crippen molar-refractivity contribution in [1.29, 1.82) is 0 Å². The Kier molecular flexibility index (Phi) is 20.3. The van der Waals surface area contributed by atoms with Crippen molar-refractivity contribution in [2.45, 2.75) is 162 Å². The van der Waals surface area contributed by atoms with Gasteiger partial charge in [0.15, 0.2) is 5.78 Å². The van der Waals surface area contributed by atoms with Crippen LogP contribution in [0.2, 0.25) is 0 Å². The van der Waals surface area contributed by atoms with E-state index in [2.05, 4.69) is 20.6 Å². The number of aliphatic hydroxyl groups is 1. The number of β-amino-alcohol motifs (C(OH)–C–C–N with tert-alkyl or cyclic N) is 1. The molecule has 2 aromatic heterocycles. The fraction of sp³-hybridized carbons (Fsp3) is 0.439. The molecule has 4 aromatic carbocycles. The summed E-state index contributed by atoms with van der Waals surface area (Å²) in [5.74, 6) is -4.03. The van der Waals surface area contributed by atoms with Crippen LogP contribution < -0.4 is 21.3 Å². The number of ketones is 2. The fourth-order valence-electron chi connectivity index (χ4n) is 12.3. The van der Waals surface area contributed by atoms with Crippen molar-refractivity contribution in [3.8, 4) is 10.4 Å². The maximum Gasteiger partial charge on any atom is 0.396 e. The number of anilines is 1. The molecule has 9 rings (SSSR count). The molecule has 88 heavy (non-hydrogen) atoms. The van der Waals surface area contributed by atoms with E-state index < -0.39 is 78.3 Å². The van der Waals surface area contributed by atoms with Crippen LogP contribution in [0, 0.1) is 24.2 Å². The number of hydrogen-bond acceptors (Lipinski definition) is 13. The summed E-state index contributed by atoms with van der Waals surface area (Å²) in [6, 6.07) is 24.1. The van der Waals surface area contributed by atoms with Crippen LogP contribution in [0.5, 0.6) is 0 Å². The number of aryl methyl sites for hydroxylation is 3. The molecule has 20 nitrogen and oxygen atoms in total. The molecule has 5 heterocycles. The van der Waals surface area contributed by atoms with Gasteiger partial charge in [-0.1, -0.05) is 87.5 Å². The number of amides is 5. The number of nitrogens with one attached hydrogen (secondary N) is 3. The van der Waals surface area contributed by atoms with Crippen molar-refractivity contribution in [1.82, 2.24) is 25.5 Å². The number of unbranched alkanes of at least 4 members (excludes halogenated alkanes) is 1. The number of nitrogens with two attached hydrogens (primary N) is 1. The molecule has 8 N–H and O–H groups in total. The van der Waals surface area contributed by atoms with Crippen molar-refractivity contribution in [3.63, 3.8) is 0 Å². The number of benzene rings is 4. The fourth-order valence-corrected chi connectivity index (χ4v) is 13.6. The Bertz CT molecular complexity index is 3660. The molecule has 0 aliphatic carbocycles. The lowest BCUT2D eigenvalue weighted by molar-refractivity contribution is -0.146. The second kappa shape index (κ2) is 27.5. The predicted octanol–water partition coefficient (Wildman–Crippen LogP) is 8.54. The number of nitrogens with zero attached hydrogens (tertiary/aromatic N) is 3. The first-order chi connectivity index (χ1) is 41.7. The average Bonchev–Trinajstić information content (AvgIpc) is 1.68. The molecule has 0 saturated carbocycles. The smallest absolute Gasteiger partial charge is 0.391 e. The minimum absolute atomic E-state index is 0.00733. The molecule has 0 bridgehead atoms. The van der Waals surface area contributed by atoms with Gasteiger partial charge < -0.3 is 45.9 Å². The zero-order chi connectivity index (χ0) is 63.4. The lowest BCUT2D eigenvalue weighted by atomic mass is 9.76. The maximum atomic E-state index is 14.6. The van der Waals surface area contributed by atoms with E-state index in [4.69, 9.17) is 10.5 Å². The molecule has 1 fully saturated rings. The number of likely N-dealkylation sites (tertiary alicyclic amines) is 1.